The van der Waals surface area contributed by atoms with Gasteiger partial charge in [-0.05, 0) is 36.6 Å². The van der Waals surface area contributed by atoms with Gasteiger partial charge in [0, 0.05) is 31.5 Å². The number of benzene rings is 1. The summed E-state index contributed by atoms with van der Waals surface area (Å²) in [5.74, 6) is 0.638. The van der Waals surface area contributed by atoms with Crippen molar-refractivity contribution in [3.05, 3.63) is 59.6 Å². The smallest absolute Gasteiger partial charge is 0.233 e. The molecule has 0 saturated carbocycles. The molecule has 0 radical (unpaired) electrons. The number of nitrogens with zero attached hydrogens (tertiary/aromatic N) is 2. The van der Waals surface area contributed by atoms with Crippen LogP contribution in [0.3, 0.4) is 0 Å². The summed E-state index contributed by atoms with van der Waals surface area (Å²) in [6.07, 6.45) is 5.52. The fourth-order valence-electron chi connectivity index (χ4n) is 2.90. The molecule has 148 valence electrons. The van der Waals surface area contributed by atoms with Crippen LogP contribution in [0.5, 0.6) is 0 Å². The van der Waals surface area contributed by atoms with Crippen molar-refractivity contribution < 1.29 is 13.2 Å². The molecule has 1 amide bonds. The molecule has 0 atom stereocenters. The molecule has 1 saturated heterocycles. The lowest BCUT2D eigenvalue weighted by Crippen LogP contribution is -2.26. The Hall–Kier alpha value is -2.71. The second-order valence-corrected chi connectivity index (χ2v) is 8.20. The number of sulfonamides is 1. The van der Waals surface area contributed by atoms with Gasteiger partial charge in [-0.25, -0.2) is 18.1 Å². The molecule has 28 heavy (non-hydrogen) atoms. The second-order valence-electron chi connectivity index (χ2n) is 6.55. The molecule has 8 heteroatoms. The Labute approximate surface area is 165 Å². The number of pyridine rings is 1. The maximum absolute atomic E-state index is 12.0. The van der Waals surface area contributed by atoms with Crippen LogP contribution in [0.15, 0.2) is 54.1 Å². The fourth-order valence-corrected chi connectivity index (χ4v) is 3.72. The van der Waals surface area contributed by atoms with Gasteiger partial charge in [-0.1, -0.05) is 30.3 Å². The third-order valence-electron chi connectivity index (χ3n) is 4.36. The predicted molar refractivity (Wildman–Crippen MR) is 111 cm³/mol. The molecule has 0 bridgehead atoms. The first kappa shape index (κ1) is 20.0. The van der Waals surface area contributed by atoms with E-state index in [9.17, 15) is 13.2 Å². The van der Waals surface area contributed by atoms with Crippen LogP contribution in [0.2, 0.25) is 0 Å². The van der Waals surface area contributed by atoms with E-state index in [0.717, 1.165) is 29.9 Å². The standard InChI is InChI=1S/C20H24N4O3S/c25-20(23-18-8-9-19(21-16-18)24-13-4-5-14-24)10-12-22-28(26,27)15-11-17-6-2-1-3-7-17/h1-3,6-9,11,15-16,22H,4-5,10,12-14H2,(H,23,25)/b15-11+. The molecular formula is C20H24N4O3S. The number of hydrogen-bond donors (Lipinski definition) is 2. The van der Waals surface area contributed by atoms with Crippen molar-refractivity contribution >= 4 is 33.5 Å². The monoisotopic (exact) mass is 400 g/mol. The number of carbonyl (C=O) groups excluding carboxylic acids is 1. The zero-order valence-electron chi connectivity index (χ0n) is 15.5. The van der Waals surface area contributed by atoms with E-state index in [2.05, 4.69) is 19.9 Å². The molecule has 0 aliphatic carbocycles. The highest BCUT2D eigenvalue weighted by atomic mass is 32.2. The number of carbonyl (C=O) groups is 1. The summed E-state index contributed by atoms with van der Waals surface area (Å²) < 4.78 is 26.3. The maximum atomic E-state index is 12.0. The summed E-state index contributed by atoms with van der Waals surface area (Å²) in [5.41, 5.74) is 1.38. The largest absolute Gasteiger partial charge is 0.357 e. The third kappa shape index (κ3) is 6.17. The fraction of sp³-hybridized carbons (Fsp3) is 0.300. The molecule has 2 N–H and O–H groups in total. The second kappa shape index (κ2) is 9.48. The third-order valence-corrected chi connectivity index (χ3v) is 5.46. The SMILES string of the molecule is O=C(CCNS(=O)(=O)/C=C/c1ccccc1)Nc1ccc(N2CCCC2)nc1. The number of nitrogens with one attached hydrogen (secondary N) is 2. The minimum Gasteiger partial charge on any atom is -0.357 e. The molecule has 1 aliphatic heterocycles. The number of aromatic nitrogens is 1. The summed E-state index contributed by atoms with van der Waals surface area (Å²) in [4.78, 5) is 18.6. The molecule has 7 nitrogen and oxygen atoms in total. The van der Waals surface area contributed by atoms with Crippen LogP contribution in [0.25, 0.3) is 6.08 Å². The van der Waals surface area contributed by atoms with Gasteiger partial charge in [-0.2, -0.15) is 0 Å². The normalized spacial score (nSPS) is 14.5. The van der Waals surface area contributed by atoms with E-state index in [1.54, 1.807) is 6.20 Å². The Balaban J connectivity index is 1.43. The van der Waals surface area contributed by atoms with Crippen LogP contribution in [-0.4, -0.2) is 38.9 Å². The molecule has 2 aromatic rings. The predicted octanol–water partition coefficient (Wildman–Crippen LogP) is 2.60. The van der Waals surface area contributed by atoms with Gasteiger partial charge in [-0.3, -0.25) is 4.79 Å². The van der Waals surface area contributed by atoms with Crippen LogP contribution in [-0.2, 0) is 14.8 Å². The van der Waals surface area contributed by atoms with Crippen molar-refractivity contribution in [2.45, 2.75) is 19.3 Å². The highest BCUT2D eigenvalue weighted by Crippen LogP contribution is 2.19. The van der Waals surface area contributed by atoms with Gasteiger partial charge in [0.1, 0.15) is 5.82 Å². The number of hydrogen-bond acceptors (Lipinski definition) is 5. The first-order valence-electron chi connectivity index (χ1n) is 9.25. The average Bonchev–Trinajstić information content (AvgIpc) is 3.23. The van der Waals surface area contributed by atoms with Crippen LogP contribution in [0.4, 0.5) is 11.5 Å². The Morgan fingerprint density at radius 1 is 1.11 bits per heavy atom. The Morgan fingerprint density at radius 3 is 2.54 bits per heavy atom. The van der Waals surface area contributed by atoms with Gasteiger partial charge < -0.3 is 10.2 Å². The van der Waals surface area contributed by atoms with Crippen molar-refractivity contribution in [2.24, 2.45) is 0 Å². The van der Waals surface area contributed by atoms with E-state index in [0.29, 0.717) is 5.69 Å². The van der Waals surface area contributed by atoms with Crippen molar-refractivity contribution in [1.29, 1.82) is 0 Å². The van der Waals surface area contributed by atoms with Crippen molar-refractivity contribution in [2.75, 3.05) is 29.9 Å². The van der Waals surface area contributed by atoms with Gasteiger partial charge in [0.25, 0.3) is 0 Å². The molecule has 1 aliphatic rings. The van der Waals surface area contributed by atoms with Gasteiger partial charge in [0.15, 0.2) is 0 Å². The number of rotatable bonds is 8. The van der Waals surface area contributed by atoms with E-state index in [1.165, 1.54) is 18.9 Å². The topological polar surface area (TPSA) is 91.4 Å². The van der Waals surface area contributed by atoms with Crippen molar-refractivity contribution in [3.8, 4) is 0 Å². The van der Waals surface area contributed by atoms with E-state index >= 15 is 0 Å². The average molecular weight is 401 g/mol. The summed E-state index contributed by atoms with van der Waals surface area (Å²) in [6, 6.07) is 12.8. The van der Waals surface area contributed by atoms with E-state index in [4.69, 9.17) is 0 Å². The van der Waals surface area contributed by atoms with Crippen molar-refractivity contribution in [3.63, 3.8) is 0 Å². The van der Waals surface area contributed by atoms with E-state index in [-0.39, 0.29) is 18.9 Å². The van der Waals surface area contributed by atoms with Gasteiger partial charge in [0.2, 0.25) is 15.9 Å². The Kier molecular flexibility index (Phi) is 6.78. The van der Waals surface area contributed by atoms with Crippen LogP contribution in [0.1, 0.15) is 24.8 Å². The van der Waals surface area contributed by atoms with Gasteiger partial charge in [-0.15, -0.1) is 0 Å². The molecule has 2 heterocycles. The van der Waals surface area contributed by atoms with E-state index < -0.39 is 10.0 Å². The van der Waals surface area contributed by atoms with Gasteiger partial charge in [0.05, 0.1) is 11.9 Å². The van der Waals surface area contributed by atoms with Gasteiger partial charge >= 0.3 is 0 Å². The molecule has 1 aromatic heterocycles. The molecular weight excluding hydrogens is 376 g/mol. The highest BCUT2D eigenvalue weighted by molar-refractivity contribution is 7.92. The minimum absolute atomic E-state index is 0.0204. The number of anilines is 2. The van der Waals surface area contributed by atoms with Crippen LogP contribution in [0, 0.1) is 0 Å². The van der Waals surface area contributed by atoms with Crippen molar-refractivity contribution in [1.82, 2.24) is 9.71 Å². The lowest BCUT2D eigenvalue weighted by atomic mass is 10.2. The van der Waals surface area contributed by atoms with E-state index in [1.807, 2.05) is 42.5 Å². The minimum atomic E-state index is -3.59. The zero-order valence-corrected chi connectivity index (χ0v) is 16.4. The summed E-state index contributed by atoms with van der Waals surface area (Å²) in [6.45, 7) is 2.04. The Morgan fingerprint density at radius 2 is 1.86 bits per heavy atom. The quantitative estimate of drug-likeness (QED) is 0.711. The molecule has 3 rings (SSSR count). The first-order chi connectivity index (χ1) is 13.5. The lowest BCUT2D eigenvalue weighted by Gasteiger charge is -2.16. The maximum Gasteiger partial charge on any atom is 0.233 e. The molecule has 1 aromatic carbocycles. The van der Waals surface area contributed by atoms with Crippen LogP contribution < -0.4 is 14.9 Å². The number of amides is 1. The summed E-state index contributed by atoms with van der Waals surface area (Å²) >= 11 is 0. The first-order valence-corrected chi connectivity index (χ1v) is 10.8. The van der Waals surface area contributed by atoms with Crippen LogP contribution >= 0.6 is 0 Å². The summed E-state index contributed by atoms with van der Waals surface area (Å²) in [7, 11) is -3.59. The summed E-state index contributed by atoms with van der Waals surface area (Å²) in [5, 5.41) is 3.83. The molecule has 0 spiro atoms. The zero-order chi connectivity index (χ0) is 19.8. The molecule has 0 unspecified atom stereocenters. The lowest BCUT2D eigenvalue weighted by molar-refractivity contribution is -0.116. The molecule has 1 fully saturated rings. The highest BCUT2D eigenvalue weighted by Gasteiger charge is 2.13. The Bertz CT molecular complexity index is 906.